The maximum absolute atomic E-state index is 13.3. The Hall–Kier alpha value is -3.26. The van der Waals surface area contributed by atoms with Gasteiger partial charge in [0.1, 0.15) is 5.69 Å². The van der Waals surface area contributed by atoms with E-state index in [1.54, 1.807) is 23.5 Å². The van der Waals surface area contributed by atoms with Crippen LogP contribution in [0.2, 0.25) is 0 Å². The van der Waals surface area contributed by atoms with E-state index in [2.05, 4.69) is 24.3 Å². The van der Waals surface area contributed by atoms with Gasteiger partial charge in [0.05, 0.1) is 26.0 Å². The SMILES string of the molecule is COc1ccc([C@]2(O)CC[C@H](Nc3cc(-c4cnn(C)c4)cn(CC(C)C)c3=O)CC2)cc1OC. The zero-order chi connectivity index (χ0) is 25.2. The molecule has 4 rings (SSSR count). The van der Waals surface area contributed by atoms with E-state index in [9.17, 15) is 9.90 Å². The van der Waals surface area contributed by atoms with Crippen molar-refractivity contribution in [2.75, 3.05) is 19.5 Å². The molecule has 1 aliphatic carbocycles. The second-order valence-electron chi connectivity index (χ2n) is 9.92. The summed E-state index contributed by atoms with van der Waals surface area (Å²) in [6.45, 7) is 4.85. The van der Waals surface area contributed by atoms with Crippen LogP contribution in [-0.2, 0) is 19.2 Å². The zero-order valence-electron chi connectivity index (χ0n) is 21.2. The number of nitrogens with zero attached hydrogens (tertiary/aromatic N) is 3. The maximum Gasteiger partial charge on any atom is 0.273 e. The second-order valence-corrected chi connectivity index (χ2v) is 9.92. The van der Waals surface area contributed by atoms with Crippen LogP contribution in [-0.4, -0.2) is 39.7 Å². The normalized spacial score (nSPS) is 20.1. The molecule has 1 aromatic carbocycles. The van der Waals surface area contributed by atoms with Crippen LogP contribution in [0.5, 0.6) is 11.5 Å². The Morgan fingerprint density at radius 1 is 1.11 bits per heavy atom. The van der Waals surface area contributed by atoms with E-state index in [1.165, 1.54) is 0 Å². The molecule has 1 fully saturated rings. The quantitative estimate of drug-likeness (QED) is 0.503. The van der Waals surface area contributed by atoms with E-state index >= 15 is 0 Å². The van der Waals surface area contributed by atoms with Gasteiger partial charge in [0.25, 0.3) is 5.56 Å². The lowest BCUT2D eigenvalue weighted by Crippen LogP contribution is -2.37. The van der Waals surface area contributed by atoms with Gasteiger partial charge in [-0.05, 0) is 55.4 Å². The van der Waals surface area contributed by atoms with Crippen LogP contribution < -0.4 is 20.3 Å². The van der Waals surface area contributed by atoms with Crippen molar-refractivity contribution in [1.82, 2.24) is 14.3 Å². The fourth-order valence-corrected chi connectivity index (χ4v) is 4.87. The number of hydrogen-bond acceptors (Lipinski definition) is 6. The summed E-state index contributed by atoms with van der Waals surface area (Å²) in [7, 11) is 5.08. The summed E-state index contributed by atoms with van der Waals surface area (Å²) < 4.78 is 14.3. The smallest absolute Gasteiger partial charge is 0.273 e. The highest BCUT2D eigenvalue weighted by Gasteiger charge is 2.35. The van der Waals surface area contributed by atoms with E-state index < -0.39 is 5.60 Å². The van der Waals surface area contributed by atoms with Gasteiger partial charge < -0.3 is 24.5 Å². The Morgan fingerprint density at radius 2 is 1.83 bits per heavy atom. The molecule has 0 unspecified atom stereocenters. The molecule has 188 valence electrons. The fourth-order valence-electron chi connectivity index (χ4n) is 4.87. The van der Waals surface area contributed by atoms with Gasteiger partial charge in [0.2, 0.25) is 0 Å². The average molecular weight is 481 g/mol. The summed E-state index contributed by atoms with van der Waals surface area (Å²) in [5, 5.41) is 19.2. The summed E-state index contributed by atoms with van der Waals surface area (Å²) in [5.74, 6) is 1.59. The standard InChI is InChI=1S/C27H36N4O4/c1-18(2)15-31-17-19(20-14-28-30(3)16-20)12-23(26(31)32)29-22-8-10-27(33,11-9-22)21-6-7-24(34-4)25(13-21)35-5/h6-7,12-14,16-18,22,29,33H,8-11,15H2,1-5H3/t22-,27-. The monoisotopic (exact) mass is 480 g/mol. The van der Waals surface area contributed by atoms with Gasteiger partial charge >= 0.3 is 0 Å². The third-order valence-corrected chi connectivity index (χ3v) is 6.78. The molecule has 0 radical (unpaired) electrons. The minimum atomic E-state index is -0.937. The molecule has 2 N–H and O–H groups in total. The van der Waals surface area contributed by atoms with E-state index in [1.807, 2.05) is 49.9 Å². The minimum absolute atomic E-state index is 0.0212. The minimum Gasteiger partial charge on any atom is -0.493 e. The molecule has 0 spiro atoms. The van der Waals surface area contributed by atoms with E-state index in [0.29, 0.717) is 42.5 Å². The number of nitrogens with one attached hydrogen (secondary N) is 1. The average Bonchev–Trinajstić information content (AvgIpc) is 3.28. The molecule has 0 bridgehead atoms. The predicted octanol–water partition coefficient (Wildman–Crippen LogP) is 4.16. The van der Waals surface area contributed by atoms with Gasteiger partial charge in [0.15, 0.2) is 11.5 Å². The number of aromatic nitrogens is 3. The molecule has 1 saturated carbocycles. The first-order valence-corrected chi connectivity index (χ1v) is 12.2. The molecule has 1 aliphatic rings. The molecular weight excluding hydrogens is 444 g/mol. The highest BCUT2D eigenvalue weighted by atomic mass is 16.5. The van der Waals surface area contributed by atoms with Crippen LogP contribution in [0.1, 0.15) is 45.1 Å². The van der Waals surface area contributed by atoms with Crippen LogP contribution in [0.4, 0.5) is 5.69 Å². The number of pyridine rings is 1. The predicted molar refractivity (Wildman–Crippen MR) is 137 cm³/mol. The molecule has 0 amide bonds. The Balaban J connectivity index is 1.54. The van der Waals surface area contributed by atoms with Crippen molar-refractivity contribution in [3.63, 3.8) is 0 Å². The van der Waals surface area contributed by atoms with Gasteiger partial charge in [-0.3, -0.25) is 9.48 Å². The van der Waals surface area contributed by atoms with E-state index in [-0.39, 0.29) is 11.6 Å². The number of aryl methyl sites for hydroxylation is 1. The van der Waals surface area contributed by atoms with Gasteiger partial charge in [-0.1, -0.05) is 19.9 Å². The van der Waals surface area contributed by atoms with Crippen LogP contribution in [0.15, 0.2) is 47.7 Å². The van der Waals surface area contributed by atoms with Crippen molar-refractivity contribution in [3.05, 3.63) is 58.8 Å². The van der Waals surface area contributed by atoms with Crippen LogP contribution in [0.3, 0.4) is 0 Å². The fraction of sp³-hybridized carbons (Fsp3) is 0.481. The van der Waals surface area contributed by atoms with Crippen molar-refractivity contribution in [1.29, 1.82) is 0 Å². The maximum atomic E-state index is 13.3. The number of aliphatic hydroxyl groups is 1. The van der Waals surface area contributed by atoms with Crippen molar-refractivity contribution >= 4 is 5.69 Å². The number of rotatable bonds is 8. The molecule has 0 aliphatic heterocycles. The van der Waals surface area contributed by atoms with Crippen molar-refractivity contribution in [3.8, 4) is 22.6 Å². The number of hydrogen-bond donors (Lipinski definition) is 2. The van der Waals surface area contributed by atoms with Gasteiger partial charge in [-0.25, -0.2) is 0 Å². The molecule has 35 heavy (non-hydrogen) atoms. The first kappa shape index (κ1) is 24.9. The summed E-state index contributed by atoms with van der Waals surface area (Å²) in [5.41, 5.74) is 2.39. The number of anilines is 1. The number of ether oxygens (including phenoxy) is 2. The molecule has 0 atom stereocenters. The molecule has 3 aromatic rings. The summed E-state index contributed by atoms with van der Waals surface area (Å²) in [4.78, 5) is 13.3. The van der Waals surface area contributed by atoms with Crippen LogP contribution >= 0.6 is 0 Å². The first-order valence-electron chi connectivity index (χ1n) is 12.2. The summed E-state index contributed by atoms with van der Waals surface area (Å²) >= 11 is 0. The van der Waals surface area contributed by atoms with Gasteiger partial charge in [0, 0.05) is 43.2 Å². The van der Waals surface area contributed by atoms with Crippen molar-refractivity contribution < 1.29 is 14.6 Å². The highest BCUT2D eigenvalue weighted by Crippen LogP contribution is 2.41. The Kier molecular flexibility index (Phi) is 7.21. The lowest BCUT2D eigenvalue weighted by molar-refractivity contribution is -0.00352. The van der Waals surface area contributed by atoms with Gasteiger partial charge in [-0.15, -0.1) is 0 Å². The van der Waals surface area contributed by atoms with Crippen molar-refractivity contribution in [2.45, 2.75) is 57.7 Å². The zero-order valence-corrected chi connectivity index (χ0v) is 21.2. The molecule has 8 nitrogen and oxygen atoms in total. The third-order valence-electron chi connectivity index (χ3n) is 6.78. The molecule has 8 heteroatoms. The first-order chi connectivity index (χ1) is 16.7. The Bertz CT molecular complexity index is 1220. The largest absolute Gasteiger partial charge is 0.493 e. The molecule has 0 saturated heterocycles. The second kappa shape index (κ2) is 10.2. The molecular formula is C27H36N4O4. The molecule has 2 heterocycles. The molecule has 2 aromatic heterocycles. The lowest BCUT2D eigenvalue weighted by atomic mass is 9.77. The van der Waals surface area contributed by atoms with Gasteiger partial charge in [-0.2, -0.15) is 5.10 Å². The third kappa shape index (κ3) is 5.37. The summed E-state index contributed by atoms with van der Waals surface area (Å²) in [6, 6.07) is 7.61. The van der Waals surface area contributed by atoms with E-state index in [0.717, 1.165) is 29.5 Å². The Morgan fingerprint density at radius 3 is 2.43 bits per heavy atom. The number of methoxy groups -OCH3 is 2. The topological polar surface area (TPSA) is 90.5 Å². The van der Waals surface area contributed by atoms with Crippen LogP contribution in [0, 0.1) is 5.92 Å². The number of benzene rings is 1. The van der Waals surface area contributed by atoms with Crippen molar-refractivity contribution in [2.24, 2.45) is 13.0 Å². The highest BCUT2D eigenvalue weighted by molar-refractivity contribution is 5.65. The Labute approximate surface area is 206 Å². The lowest BCUT2D eigenvalue weighted by Gasteiger charge is -2.37. The van der Waals surface area contributed by atoms with E-state index in [4.69, 9.17) is 9.47 Å². The van der Waals surface area contributed by atoms with Crippen LogP contribution in [0.25, 0.3) is 11.1 Å². The summed E-state index contributed by atoms with van der Waals surface area (Å²) in [6.07, 6.45) is 8.34.